The lowest BCUT2D eigenvalue weighted by Crippen LogP contribution is -2.25. The maximum atomic E-state index is 10.6. The van der Waals surface area contributed by atoms with Gasteiger partial charge in [0.05, 0.1) is 17.6 Å². The van der Waals surface area contributed by atoms with Crippen LogP contribution in [0, 0.1) is 5.92 Å². The second-order valence-corrected chi connectivity index (χ2v) is 5.03. The van der Waals surface area contributed by atoms with E-state index < -0.39 is 23.6 Å². The first-order valence-electron chi connectivity index (χ1n) is 6.05. The molecule has 0 bridgehead atoms. The molecule has 4 nitrogen and oxygen atoms in total. The number of hydrogen-bond donors (Lipinski definition) is 3. The topological polar surface area (TPSA) is 77.8 Å². The van der Waals surface area contributed by atoms with E-state index in [1.165, 1.54) is 6.92 Å². The monoisotopic (exact) mass is 244 g/mol. The smallest absolute Gasteiger partial charge is 0.308 e. The van der Waals surface area contributed by atoms with Crippen molar-refractivity contribution < 1.29 is 20.1 Å². The fraction of sp³-hybridized carbons (Fsp3) is 0.769. The molecule has 2 atom stereocenters. The summed E-state index contributed by atoms with van der Waals surface area (Å²) in [6.07, 6.45) is 5.88. The van der Waals surface area contributed by atoms with Gasteiger partial charge in [-0.1, -0.05) is 18.6 Å². The van der Waals surface area contributed by atoms with Gasteiger partial charge in [0, 0.05) is 0 Å². The largest absolute Gasteiger partial charge is 0.481 e. The minimum Gasteiger partial charge on any atom is -0.481 e. The lowest BCUT2D eigenvalue weighted by atomic mass is 9.99. The Bertz CT molecular complexity index is 253. The summed E-state index contributed by atoms with van der Waals surface area (Å²) in [6, 6.07) is 0. The molecule has 4 heteroatoms. The van der Waals surface area contributed by atoms with E-state index in [2.05, 4.69) is 0 Å². The van der Waals surface area contributed by atoms with E-state index in [-0.39, 0.29) is 0 Å². The van der Waals surface area contributed by atoms with Crippen molar-refractivity contribution in [3.8, 4) is 0 Å². The van der Waals surface area contributed by atoms with E-state index in [1.807, 2.05) is 6.08 Å². The van der Waals surface area contributed by atoms with Crippen LogP contribution in [-0.4, -0.2) is 33.0 Å². The molecule has 17 heavy (non-hydrogen) atoms. The number of hydrogen-bond acceptors (Lipinski definition) is 3. The molecular weight excluding hydrogens is 220 g/mol. The van der Waals surface area contributed by atoms with Crippen LogP contribution in [0.2, 0.25) is 0 Å². The number of rotatable bonds is 8. The van der Waals surface area contributed by atoms with E-state index in [1.54, 1.807) is 19.9 Å². The third-order valence-electron chi connectivity index (χ3n) is 2.61. The van der Waals surface area contributed by atoms with Crippen molar-refractivity contribution in [3.05, 3.63) is 12.2 Å². The quantitative estimate of drug-likeness (QED) is 0.450. The van der Waals surface area contributed by atoms with Crippen molar-refractivity contribution in [1.82, 2.24) is 0 Å². The van der Waals surface area contributed by atoms with Crippen LogP contribution < -0.4 is 0 Å². The van der Waals surface area contributed by atoms with Gasteiger partial charge in [-0.15, -0.1) is 0 Å². The van der Waals surface area contributed by atoms with Crippen molar-refractivity contribution in [2.75, 3.05) is 0 Å². The number of unbranched alkanes of at least 4 members (excludes halogenated alkanes) is 2. The Kier molecular flexibility index (Phi) is 7.07. The Labute approximate surface area is 103 Å². The molecule has 0 aliphatic carbocycles. The van der Waals surface area contributed by atoms with Crippen LogP contribution >= 0.6 is 0 Å². The Morgan fingerprint density at radius 2 is 1.94 bits per heavy atom. The van der Waals surface area contributed by atoms with Gasteiger partial charge in [-0.05, 0) is 40.0 Å². The molecule has 0 aliphatic rings. The van der Waals surface area contributed by atoms with Crippen LogP contribution in [-0.2, 0) is 4.79 Å². The summed E-state index contributed by atoms with van der Waals surface area (Å²) in [5.74, 6) is -1.67. The molecule has 0 spiro atoms. The van der Waals surface area contributed by atoms with Gasteiger partial charge in [-0.3, -0.25) is 4.79 Å². The molecule has 0 radical (unpaired) electrons. The lowest BCUT2D eigenvalue weighted by molar-refractivity contribution is -0.144. The van der Waals surface area contributed by atoms with Crippen molar-refractivity contribution in [2.24, 2.45) is 5.92 Å². The van der Waals surface area contributed by atoms with Crippen LogP contribution in [0.3, 0.4) is 0 Å². The lowest BCUT2D eigenvalue weighted by Gasteiger charge is -2.14. The second-order valence-electron chi connectivity index (χ2n) is 5.03. The number of carboxylic acids is 1. The predicted molar refractivity (Wildman–Crippen MR) is 66.7 cm³/mol. The minimum atomic E-state index is -0.959. The molecule has 0 rings (SSSR count). The molecule has 2 unspecified atom stereocenters. The molecule has 0 aromatic rings. The van der Waals surface area contributed by atoms with Crippen LogP contribution in [0.1, 0.15) is 46.5 Å². The number of carbonyl (C=O) groups is 1. The minimum absolute atomic E-state index is 0.504. The predicted octanol–water partition coefficient (Wildman–Crippen LogP) is 1.96. The highest BCUT2D eigenvalue weighted by Crippen LogP contribution is 2.12. The van der Waals surface area contributed by atoms with E-state index in [0.717, 1.165) is 19.3 Å². The van der Waals surface area contributed by atoms with Gasteiger partial charge >= 0.3 is 5.97 Å². The van der Waals surface area contributed by atoms with Crippen molar-refractivity contribution in [2.45, 2.75) is 58.2 Å². The third kappa shape index (κ3) is 8.89. The first-order chi connectivity index (χ1) is 7.74. The third-order valence-corrected chi connectivity index (χ3v) is 2.61. The average molecular weight is 244 g/mol. The van der Waals surface area contributed by atoms with Gasteiger partial charge in [0.1, 0.15) is 0 Å². The first kappa shape index (κ1) is 16.1. The van der Waals surface area contributed by atoms with Gasteiger partial charge in [-0.2, -0.15) is 0 Å². The summed E-state index contributed by atoms with van der Waals surface area (Å²) in [5, 5.41) is 27.6. The SMILES string of the molecule is CC(C(=O)O)C(O)CCCC/C=C/C(C)(C)O. The zero-order valence-corrected chi connectivity index (χ0v) is 10.9. The van der Waals surface area contributed by atoms with Gasteiger partial charge < -0.3 is 15.3 Å². The van der Waals surface area contributed by atoms with Gasteiger partial charge in [-0.25, -0.2) is 0 Å². The van der Waals surface area contributed by atoms with Crippen LogP contribution in [0.5, 0.6) is 0 Å². The molecule has 0 saturated heterocycles. The molecule has 0 fully saturated rings. The second kappa shape index (κ2) is 7.45. The van der Waals surface area contributed by atoms with Crippen molar-refractivity contribution in [1.29, 1.82) is 0 Å². The number of aliphatic hydroxyl groups excluding tert-OH is 1. The fourth-order valence-corrected chi connectivity index (χ4v) is 1.40. The maximum absolute atomic E-state index is 10.6. The molecule has 0 aromatic carbocycles. The Balaban J connectivity index is 3.65. The van der Waals surface area contributed by atoms with E-state index >= 15 is 0 Å². The van der Waals surface area contributed by atoms with Crippen LogP contribution in [0.4, 0.5) is 0 Å². The molecule has 0 heterocycles. The summed E-state index contributed by atoms with van der Waals surface area (Å²) in [7, 11) is 0. The highest BCUT2D eigenvalue weighted by atomic mass is 16.4. The Morgan fingerprint density at radius 3 is 2.41 bits per heavy atom. The molecule has 3 N–H and O–H groups in total. The van der Waals surface area contributed by atoms with Gasteiger partial charge in [0.15, 0.2) is 0 Å². The summed E-state index contributed by atoms with van der Waals surface area (Å²) >= 11 is 0. The Morgan fingerprint density at radius 1 is 1.35 bits per heavy atom. The fourth-order valence-electron chi connectivity index (χ4n) is 1.40. The van der Waals surface area contributed by atoms with Crippen molar-refractivity contribution in [3.63, 3.8) is 0 Å². The summed E-state index contributed by atoms with van der Waals surface area (Å²) in [5.41, 5.74) is -0.780. The zero-order valence-electron chi connectivity index (χ0n) is 10.9. The van der Waals surface area contributed by atoms with E-state index in [9.17, 15) is 15.0 Å². The average Bonchev–Trinajstić information content (AvgIpc) is 2.19. The van der Waals surface area contributed by atoms with Crippen molar-refractivity contribution >= 4 is 5.97 Å². The molecule has 0 saturated carbocycles. The Hall–Kier alpha value is -0.870. The molecular formula is C13H24O4. The zero-order chi connectivity index (χ0) is 13.5. The normalized spacial score (nSPS) is 16.1. The molecule has 100 valence electrons. The molecule has 0 aliphatic heterocycles. The van der Waals surface area contributed by atoms with E-state index in [4.69, 9.17) is 5.11 Å². The molecule has 0 amide bonds. The van der Waals surface area contributed by atoms with Crippen LogP contribution in [0.25, 0.3) is 0 Å². The number of aliphatic hydroxyl groups is 2. The highest BCUT2D eigenvalue weighted by molar-refractivity contribution is 5.70. The summed E-state index contributed by atoms with van der Waals surface area (Å²) < 4.78 is 0. The number of carboxylic acid groups (broad SMARTS) is 1. The number of aliphatic carboxylic acids is 1. The summed E-state index contributed by atoms with van der Waals surface area (Å²) in [4.78, 5) is 10.6. The maximum Gasteiger partial charge on any atom is 0.308 e. The first-order valence-corrected chi connectivity index (χ1v) is 6.05. The highest BCUT2D eigenvalue weighted by Gasteiger charge is 2.20. The van der Waals surface area contributed by atoms with Gasteiger partial charge in [0.2, 0.25) is 0 Å². The standard InChI is InChI=1S/C13H24O4/c1-10(12(15)16)11(14)8-6-4-5-7-9-13(2,3)17/h7,9-11,14,17H,4-6,8H2,1-3H3,(H,15,16)/b9-7+. The summed E-state index contributed by atoms with van der Waals surface area (Å²) in [6.45, 7) is 4.94. The number of allylic oxidation sites excluding steroid dienone is 1. The van der Waals surface area contributed by atoms with Crippen LogP contribution in [0.15, 0.2) is 12.2 Å². The molecule has 0 aromatic heterocycles. The van der Waals surface area contributed by atoms with E-state index in [0.29, 0.717) is 6.42 Å². The van der Waals surface area contributed by atoms with Gasteiger partial charge in [0.25, 0.3) is 0 Å².